The molecular weight excluding hydrogens is 510 g/mol. The Labute approximate surface area is 221 Å². The molecule has 0 saturated heterocycles. The predicted molar refractivity (Wildman–Crippen MR) is 147 cm³/mol. The summed E-state index contributed by atoms with van der Waals surface area (Å²) in [6, 6.07) is 17.0. The number of halogens is 1. The molecule has 2 aromatic heterocycles. The average Bonchev–Trinajstić information content (AvgIpc) is 3.64. The van der Waals surface area contributed by atoms with Gasteiger partial charge < -0.3 is 9.73 Å². The van der Waals surface area contributed by atoms with E-state index in [0.29, 0.717) is 34.0 Å². The summed E-state index contributed by atoms with van der Waals surface area (Å²) < 4.78 is 33.5. The summed E-state index contributed by atoms with van der Waals surface area (Å²) in [6.45, 7) is 2.16. The number of carbonyl (C=O) groups excluding carboxylic acids is 1. The normalized spacial score (nSPS) is 13.6. The van der Waals surface area contributed by atoms with E-state index in [4.69, 9.17) is 21.0 Å². The Morgan fingerprint density at radius 3 is 2.49 bits per heavy atom. The van der Waals surface area contributed by atoms with Crippen molar-refractivity contribution < 1.29 is 17.6 Å². The standard InChI is InChI=1S/C28H28ClN3O4S/c1-17-8-10-20(11-9-17)25-24(27(33)30-2)22-16-21(18-12-13-18)26(31-28(22)36-25)32(37(3,34)35)15-14-19-6-4-5-7-23(19)29/h4-11,16,18H,12-15H2,1-3H3,(H,30,33). The molecule has 7 nitrogen and oxygen atoms in total. The lowest BCUT2D eigenvalue weighted by Gasteiger charge is -2.24. The van der Waals surface area contributed by atoms with E-state index in [1.165, 1.54) is 10.6 Å². The lowest BCUT2D eigenvalue weighted by Crippen LogP contribution is -2.33. The molecule has 0 atom stereocenters. The van der Waals surface area contributed by atoms with E-state index in [1.54, 1.807) is 13.1 Å². The van der Waals surface area contributed by atoms with E-state index in [2.05, 4.69) is 5.32 Å². The number of amides is 1. The third kappa shape index (κ3) is 5.08. The number of aromatic nitrogens is 1. The van der Waals surface area contributed by atoms with Crippen LogP contribution in [-0.4, -0.2) is 39.2 Å². The van der Waals surface area contributed by atoms with Gasteiger partial charge in [0.05, 0.1) is 17.2 Å². The minimum atomic E-state index is -3.67. The molecule has 4 aromatic rings. The topological polar surface area (TPSA) is 92.5 Å². The largest absolute Gasteiger partial charge is 0.437 e. The van der Waals surface area contributed by atoms with Crippen molar-refractivity contribution in [2.75, 3.05) is 24.2 Å². The van der Waals surface area contributed by atoms with Gasteiger partial charge in [-0.05, 0) is 55.4 Å². The van der Waals surface area contributed by atoms with Crippen LogP contribution in [-0.2, 0) is 16.4 Å². The summed E-state index contributed by atoms with van der Waals surface area (Å²) in [7, 11) is -2.10. The fraction of sp³-hybridized carbons (Fsp3) is 0.286. The molecule has 1 N–H and O–H groups in total. The molecule has 0 unspecified atom stereocenters. The summed E-state index contributed by atoms with van der Waals surface area (Å²) in [5, 5.41) is 3.86. The molecule has 0 bridgehead atoms. The van der Waals surface area contributed by atoms with Crippen molar-refractivity contribution in [2.45, 2.75) is 32.1 Å². The smallest absolute Gasteiger partial charge is 0.255 e. The second-order valence-electron chi connectivity index (χ2n) is 9.46. The summed E-state index contributed by atoms with van der Waals surface area (Å²) in [5.41, 5.74) is 4.10. The highest BCUT2D eigenvalue weighted by atomic mass is 35.5. The van der Waals surface area contributed by atoms with E-state index < -0.39 is 10.0 Å². The number of aryl methyl sites for hydroxylation is 1. The SMILES string of the molecule is CNC(=O)c1c(-c2ccc(C)cc2)oc2nc(N(CCc3ccccc3Cl)S(C)(=O)=O)c(C3CC3)cc12. The second kappa shape index (κ2) is 9.84. The second-order valence-corrected chi connectivity index (χ2v) is 11.8. The molecule has 5 rings (SSSR count). The van der Waals surface area contributed by atoms with Crippen molar-refractivity contribution in [3.05, 3.63) is 81.9 Å². The number of carbonyl (C=O) groups is 1. The van der Waals surface area contributed by atoms with Crippen LogP contribution >= 0.6 is 11.6 Å². The highest BCUT2D eigenvalue weighted by Crippen LogP contribution is 2.46. The number of anilines is 1. The van der Waals surface area contributed by atoms with Crippen LogP contribution in [0.4, 0.5) is 5.82 Å². The summed E-state index contributed by atoms with van der Waals surface area (Å²) in [5.74, 6) is 0.635. The fourth-order valence-corrected chi connectivity index (χ4v) is 5.65. The monoisotopic (exact) mass is 537 g/mol. The zero-order chi connectivity index (χ0) is 26.3. The number of furan rings is 1. The molecule has 192 valence electrons. The Bertz CT molecular complexity index is 1590. The molecule has 2 aromatic carbocycles. The van der Waals surface area contributed by atoms with Crippen molar-refractivity contribution in [1.82, 2.24) is 10.3 Å². The van der Waals surface area contributed by atoms with Gasteiger partial charge in [-0.2, -0.15) is 4.98 Å². The maximum absolute atomic E-state index is 13.0. The molecule has 1 amide bonds. The maximum Gasteiger partial charge on any atom is 0.255 e. The first-order valence-electron chi connectivity index (χ1n) is 12.1. The van der Waals surface area contributed by atoms with Crippen molar-refractivity contribution in [3.63, 3.8) is 0 Å². The van der Waals surface area contributed by atoms with Crippen molar-refractivity contribution >= 4 is 44.4 Å². The minimum Gasteiger partial charge on any atom is -0.437 e. The molecule has 0 radical (unpaired) electrons. The van der Waals surface area contributed by atoms with Gasteiger partial charge in [0.25, 0.3) is 5.91 Å². The van der Waals surface area contributed by atoms with Crippen molar-refractivity contribution in [1.29, 1.82) is 0 Å². The minimum absolute atomic E-state index is 0.173. The Hall–Kier alpha value is -3.36. The van der Waals surface area contributed by atoms with Crippen LogP contribution in [0.2, 0.25) is 5.02 Å². The van der Waals surface area contributed by atoms with Crippen LogP contribution in [0.5, 0.6) is 0 Å². The molecule has 0 aliphatic heterocycles. The maximum atomic E-state index is 13.0. The van der Waals surface area contributed by atoms with Crippen LogP contribution in [0.3, 0.4) is 0 Å². The zero-order valence-corrected chi connectivity index (χ0v) is 22.5. The lowest BCUT2D eigenvalue weighted by molar-refractivity contribution is 0.0964. The van der Waals surface area contributed by atoms with Crippen LogP contribution < -0.4 is 9.62 Å². The number of sulfonamides is 1. The van der Waals surface area contributed by atoms with Gasteiger partial charge in [0.2, 0.25) is 15.7 Å². The zero-order valence-electron chi connectivity index (χ0n) is 20.9. The Kier molecular flexibility index (Phi) is 6.72. The quantitative estimate of drug-likeness (QED) is 0.311. The average molecular weight is 538 g/mol. The van der Waals surface area contributed by atoms with Crippen molar-refractivity contribution in [3.8, 4) is 11.3 Å². The van der Waals surface area contributed by atoms with Crippen LogP contribution in [0, 0.1) is 6.92 Å². The number of nitrogens with zero attached hydrogens (tertiary/aromatic N) is 2. The summed E-state index contributed by atoms with van der Waals surface area (Å²) in [6.07, 6.45) is 3.46. The van der Waals surface area contributed by atoms with Gasteiger partial charge in [-0.15, -0.1) is 0 Å². The van der Waals surface area contributed by atoms with Gasteiger partial charge >= 0.3 is 0 Å². The molecular formula is C28H28ClN3O4S. The number of benzene rings is 2. The highest BCUT2D eigenvalue weighted by molar-refractivity contribution is 7.92. The highest BCUT2D eigenvalue weighted by Gasteiger charge is 2.34. The third-order valence-electron chi connectivity index (χ3n) is 6.65. The van der Waals surface area contributed by atoms with E-state index in [1.807, 2.05) is 55.5 Å². The molecule has 1 saturated carbocycles. The number of hydrogen-bond donors (Lipinski definition) is 1. The first-order chi connectivity index (χ1) is 17.7. The van der Waals surface area contributed by atoms with Gasteiger partial charge in [0.1, 0.15) is 11.6 Å². The number of nitrogens with one attached hydrogen (secondary N) is 1. The van der Waals surface area contributed by atoms with Crippen molar-refractivity contribution in [2.24, 2.45) is 0 Å². The van der Waals surface area contributed by atoms with Gasteiger partial charge in [-0.1, -0.05) is 59.6 Å². The molecule has 1 fully saturated rings. The molecule has 37 heavy (non-hydrogen) atoms. The van der Waals surface area contributed by atoms with Crippen LogP contribution in [0.1, 0.15) is 45.8 Å². The lowest BCUT2D eigenvalue weighted by atomic mass is 10.0. The molecule has 2 heterocycles. The van der Waals surface area contributed by atoms with Crippen LogP contribution in [0.15, 0.2) is 59.0 Å². The number of hydrogen-bond acceptors (Lipinski definition) is 5. The molecule has 9 heteroatoms. The summed E-state index contributed by atoms with van der Waals surface area (Å²) in [4.78, 5) is 17.7. The number of rotatable bonds is 8. The van der Waals surface area contributed by atoms with E-state index in [-0.39, 0.29) is 24.1 Å². The van der Waals surface area contributed by atoms with E-state index in [9.17, 15) is 13.2 Å². The van der Waals surface area contributed by atoms with E-state index in [0.717, 1.165) is 35.1 Å². The Morgan fingerprint density at radius 2 is 1.86 bits per heavy atom. The first kappa shape index (κ1) is 25.3. The first-order valence-corrected chi connectivity index (χ1v) is 14.4. The molecule has 0 spiro atoms. The summed E-state index contributed by atoms with van der Waals surface area (Å²) >= 11 is 6.33. The van der Waals surface area contributed by atoms with Gasteiger partial charge in [0.15, 0.2) is 0 Å². The Balaban J connectivity index is 1.67. The fourth-order valence-electron chi connectivity index (χ4n) is 4.53. The van der Waals surface area contributed by atoms with Gasteiger partial charge in [0, 0.05) is 24.2 Å². The van der Waals surface area contributed by atoms with Crippen LogP contribution in [0.25, 0.3) is 22.4 Å². The Morgan fingerprint density at radius 1 is 1.16 bits per heavy atom. The number of fused-ring (bicyclic) bond motifs is 1. The van der Waals surface area contributed by atoms with Gasteiger partial charge in [-0.25, -0.2) is 8.42 Å². The molecule has 1 aliphatic carbocycles. The third-order valence-corrected chi connectivity index (χ3v) is 8.18. The predicted octanol–water partition coefficient (Wildman–Crippen LogP) is 5.70. The van der Waals surface area contributed by atoms with E-state index >= 15 is 0 Å². The number of pyridine rings is 1. The molecule has 1 aliphatic rings. The van der Waals surface area contributed by atoms with Gasteiger partial charge in [-0.3, -0.25) is 9.10 Å².